The first-order valence-electron chi connectivity index (χ1n) is 9.15. The first-order chi connectivity index (χ1) is 13.2. The zero-order chi connectivity index (χ0) is 18.6. The van der Waals surface area contributed by atoms with E-state index in [4.69, 9.17) is 5.10 Å². The molecule has 0 aliphatic carbocycles. The van der Waals surface area contributed by atoms with Crippen LogP contribution >= 0.6 is 0 Å². The van der Waals surface area contributed by atoms with Crippen molar-refractivity contribution in [3.05, 3.63) is 103 Å². The third-order valence-corrected chi connectivity index (χ3v) is 4.83. The van der Waals surface area contributed by atoms with E-state index in [1.807, 2.05) is 37.2 Å². The first-order valence-corrected chi connectivity index (χ1v) is 9.15. The molecule has 0 spiro atoms. The number of hydrazone groups is 1. The predicted octanol–water partition coefficient (Wildman–Crippen LogP) is 6.37. The Balaban J connectivity index is 1.63. The fourth-order valence-electron chi connectivity index (χ4n) is 3.35. The summed E-state index contributed by atoms with van der Waals surface area (Å²) in [6.07, 6.45) is 0. The molecule has 0 fully saturated rings. The minimum atomic E-state index is 0.992. The lowest BCUT2D eigenvalue weighted by atomic mass is 9.97. The van der Waals surface area contributed by atoms with E-state index in [1.54, 1.807) is 0 Å². The second-order valence-electron chi connectivity index (χ2n) is 6.65. The molecule has 0 unspecified atom stereocenters. The van der Waals surface area contributed by atoms with E-state index in [0.29, 0.717) is 0 Å². The average molecular weight is 350 g/mol. The summed E-state index contributed by atoms with van der Waals surface area (Å²) in [4.78, 5) is 0. The highest BCUT2D eigenvalue weighted by Crippen LogP contribution is 2.28. The summed E-state index contributed by atoms with van der Waals surface area (Å²) in [5.74, 6) is 0. The molecule has 0 saturated carbocycles. The van der Waals surface area contributed by atoms with E-state index in [1.165, 1.54) is 21.9 Å². The van der Waals surface area contributed by atoms with E-state index in [-0.39, 0.29) is 0 Å². The van der Waals surface area contributed by atoms with Crippen LogP contribution in [0.15, 0.2) is 102 Å². The standard InChI is InChI=1S/C25H22N2/c1-19(26-27(2)23-11-4-3-5-12-23)20-15-17-22(18-16-20)25-14-8-10-21-9-6-7-13-24(21)25/h3-18H,1-2H3. The molecule has 4 aromatic carbocycles. The summed E-state index contributed by atoms with van der Waals surface area (Å²) < 4.78 is 0. The molecule has 4 rings (SSSR count). The van der Waals surface area contributed by atoms with E-state index in [9.17, 15) is 0 Å². The highest BCUT2D eigenvalue weighted by Gasteiger charge is 2.05. The number of hydrogen-bond acceptors (Lipinski definition) is 2. The summed E-state index contributed by atoms with van der Waals surface area (Å²) in [6.45, 7) is 2.05. The molecular weight excluding hydrogens is 328 g/mol. The van der Waals surface area contributed by atoms with Crippen molar-refractivity contribution in [2.45, 2.75) is 6.92 Å². The fourth-order valence-corrected chi connectivity index (χ4v) is 3.35. The third kappa shape index (κ3) is 3.61. The molecule has 0 aromatic heterocycles. The van der Waals surface area contributed by atoms with Crippen LogP contribution in [-0.4, -0.2) is 12.8 Å². The number of benzene rings is 4. The van der Waals surface area contributed by atoms with E-state index < -0.39 is 0 Å². The molecule has 2 heteroatoms. The molecule has 0 radical (unpaired) electrons. The van der Waals surface area contributed by atoms with Crippen molar-refractivity contribution >= 4 is 22.2 Å². The molecule has 132 valence electrons. The Labute approximate surface area is 160 Å². The summed E-state index contributed by atoms with van der Waals surface area (Å²) >= 11 is 0. The summed E-state index contributed by atoms with van der Waals surface area (Å²) in [6, 6.07) is 33.8. The molecule has 4 aromatic rings. The van der Waals surface area contributed by atoms with Gasteiger partial charge in [-0.15, -0.1) is 0 Å². The van der Waals surface area contributed by atoms with Crippen molar-refractivity contribution < 1.29 is 0 Å². The number of rotatable bonds is 4. The zero-order valence-corrected chi connectivity index (χ0v) is 15.6. The predicted molar refractivity (Wildman–Crippen MR) is 116 cm³/mol. The number of anilines is 1. The highest BCUT2D eigenvalue weighted by atomic mass is 15.4. The highest BCUT2D eigenvalue weighted by molar-refractivity contribution is 6.01. The minimum Gasteiger partial charge on any atom is -0.268 e. The molecule has 0 aliphatic rings. The molecule has 0 heterocycles. The fraction of sp³-hybridized carbons (Fsp3) is 0.0800. The lowest BCUT2D eigenvalue weighted by Gasteiger charge is -2.14. The normalized spacial score (nSPS) is 11.6. The van der Waals surface area contributed by atoms with Crippen LogP contribution < -0.4 is 5.01 Å². The molecule has 0 atom stereocenters. The van der Waals surface area contributed by atoms with Crippen LogP contribution in [0.25, 0.3) is 21.9 Å². The van der Waals surface area contributed by atoms with Crippen LogP contribution in [0.5, 0.6) is 0 Å². The second-order valence-corrected chi connectivity index (χ2v) is 6.65. The smallest absolute Gasteiger partial charge is 0.0650 e. The first kappa shape index (κ1) is 17.0. The number of fused-ring (bicyclic) bond motifs is 1. The topological polar surface area (TPSA) is 15.6 Å². The van der Waals surface area contributed by atoms with Gasteiger partial charge in [-0.05, 0) is 46.5 Å². The number of para-hydroxylation sites is 1. The molecule has 27 heavy (non-hydrogen) atoms. The maximum atomic E-state index is 4.72. The van der Waals surface area contributed by atoms with Gasteiger partial charge in [0.2, 0.25) is 0 Å². The SMILES string of the molecule is CC(=NN(C)c1ccccc1)c1ccc(-c2cccc3ccccc23)cc1. The van der Waals surface area contributed by atoms with Gasteiger partial charge in [0, 0.05) is 7.05 Å². The van der Waals surface area contributed by atoms with Gasteiger partial charge in [-0.3, -0.25) is 5.01 Å². The number of hydrogen-bond donors (Lipinski definition) is 0. The van der Waals surface area contributed by atoms with Crippen molar-refractivity contribution in [1.82, 2.24) is 0 Å². The maximum absolute atomic E-state index is 4.72. The van der Waals surface area contributed by atoms with Gasteiger partial charge in [0.05, 0.1) is 11.4 Å². The average Bonchev–Trinajstić information content (AvgIpc) is 2.74. The Morgan fingerprint density at radius 1 is 0.704 bits per heavy atom. The molecular formula is C25H22N2. The van der Waals surface area contributed by atoms with Crippen LogP contribution in [0.2, 0.25) is 0 Å². The van der Waals surface area contributed by atoms with Gasteiger partial charge in [-0.25, -0.2) is 0 Å². The molecule has 2 nitrogen and oxygen atoms in total. The largest absolute Gasteiger partial charge is 0.268 e. The van der Waals surface area contributed by atoms with Crippen molar-refractivity contribution in [2.24, 2.45) is 5.10 Å². The molecule has 0 N–H and O–H groups in total. The molecule has 0 amide bonds. The molecule has 0 aliphatic heterocycles. The summed E-state index contributed by atoms with van der Waals surface area (Å²) in [7, 11) is 1.98. The van der Waals surface area contributed by atoms with Gasteiger partial charge in [-0.1, -0.05) is 84.9 Å². The Hall–Kier alpha value is -3.39. The van der Waals surface area contributed by atoms with Crippen LogP contribution in [0.3, 0.4) is 0 Å². The van der Waals surface area contributed by atoms with Gasteiger partial charge in [-0.2, -0.15) is 5.10 Å². The quantitative estimate of drug-likeness (QED) is 0.308. The Morgan fingerprint density at radius 3 is 2.15 bits per heavy atom. The van der Waals surface area contributed by atoms with E-state index >= 15 is 0 Å². The van der Waals surface area contributed by atoms with Gasteiger partial charge < -0.3 is 0 Å². The summed E-state index contributed by atoms with van der Waals surface area (Å²) in [5, 5.41) is 9.18. The van der Waals surface area contributed by atoms with Crippen molar-refractivity contribution in [3.63, 3.8) is 0 Å². The molecule has 0 bridgehead atoms. The third-order valence-electron chi connectivity index (χ3n) is 4.83. The van der Waals surface area contributed by atoms with Crippen molar-refractivity contribution in [1.29, 1.82) is 0 Å². The zero-order valence-electron chi connectivity index (χ0n) is 15.6. The van der Waals surface area contributed by atoms with Crippen molar-refractivity contribution in [2.75, 3.05) is 12.1 Å². The van der Waals surface area contributed by atoms with Gasteiger partial charge in [0.15, 0.2) is 0 Å². The van der Waals surface area contributed by atoms with Gasteiger partial charge in [0.1, 0.15) is 0 Å². The lowest BCUT2D eigenvalue weighted by molar-refractivity contribution is 1.01. The Bertz CT molecular complexity index is 1070. The number of nitrogens with zero attached hydrogens (tertiary/aromatic N) is 2. The van der Waals surface area contributed by atoms with E-state index in [0.717, 1.165) is 17.0 Å². The van der Waals surface area contributed by atoms with Crippen LogP contribution in [-0.2, 0) is 0 Å². The van der Waals surface area contributed by atoms with Crippen LogP contribution in [0, 0.1) is 0 Å². The molecule has 0 saturated heterocycles. The van der Waals surface area contributed by atoms with Gasteiger partial charge in [0.25, 0.3) is 0 Å². The summed E-state index contributed by atoms with van der Waals surface area (Å²) in [5.41, 5.74) is 5.67. The van der Waals surface area contributed by atoms with Gasteiger partial charge >= 0.3 is 0 Å². The Morgan fingerprint density at radius 2 is 1.37 bits per heavy atom. The Kier molecular flexibility index (Phi) is 4.71. The van der Waals surface area contributed by atoms with Crippen LogP contribution in [0.4, 0.5) is 5.69 Å². The maximum Gasteiger partial charge on any atom is 0.0650 e. The monoisotopic (exact) mass is 350 g/mol. The van der Waals surface area contributed by atoms with E-state index in [2.05, 4.69) is 78.9 Å². The van der Waals surface area contributed by atoms with Crippen LogP contribution in [0.1, 0.15) is 12.5 Å². The minimum absolute atomic E-state index is 0.992. The van der Waals surface area contributed by atoms with Crippen molar-refractivity contribution in [3.8, 4) is 11.1 Å². The lowest BCUT2D eigenvalue weighted by Crippen LogP contribution is -2.12. The second kappa shape index (κ2) is 7.46.